The van der Waals surface area contributed by atoms with Gasteiger partial charge in [0.2, 0.25) is 17.7 Å². The zero-order chi connectivity index (χ0) is 28.8. The maximum absolute atomic E-state index is 14.4. The van der Waals surface area contributed by atoms with E-state index in [0.29, 0.717) is 25.1 Å². The number of nitrogens with zero attached hydrogens (tertiary/aromatic N) is 2. The van der Waals surface area contributed by atoms with Crippen LogP contribution in [0.2, 0.25) is 0 Å². The zero-order valence-electron chi connectivity index (χ0n) is 24.2. The number of rotatable bonds is 8. The molecule has 2 N–H and O–H groups in total. The Labute approximate surface area is 235 Å². The molecule has 2 aromatic heterocycles. The van der Waals surface area contributed by atoms with Crippen molar-refractivity contribution in [2.24, 2.45) is 11.8 Å². The van der Waals surface area contributed by atoms with Gasteiger partial charge in [0.15, 0.2) is 0 Å². The van der Waals surface area contributed by atoms with E-state index in [4.69, 9.17) is 9.15 Å². The summed E-state index contributed by atoms with van der Waals surface area (Å²) in [5.41, 5.74) is 2.10. The van der Waals surface area contributed by atoms with Crippen LogP contribution in [0, 0.1) is 11.8 Å². The summed E-state index contributed by atoms with van der Waals surface area (Å²) in [5, 5.41) is 3.92. The Bertz CT molecular complexity index is 1400. The third-order valence-corrected chi connectivity index (χ3v) is 8.72. The first-order valence-electron chi connectivity index (χ1n) is 14.2. The van der Waals surface area contributed by atoms with Crippen LogP contribution < -0.4 is 10.1 Å². The fourth-order valence-corrected chi connectivity index (χ4v) is 6.86. The van der Waals surface area contributed by atoms with Crippen LogP contribution in [0.1, 0.15) is 64.5 Å². The molecule has 1 saturated heterocycles. The van der Waals surface area contributed by atoms with Crippen molar-refractivity contribution in [1.29, 1.82) is 0 Å². The molecule has 9 heteroatoms. The number of hydrogen-bond acceptors (Lipinski definition) is 5. The number of benzene rings is 1. The van der Waals surface area contributed by atoms with E-state index in [2.05, 4.69) is 10.3 Å². The van der Waals surface area contributed by atoms with Crippen molar-refractivity contribution < 1.29 is 23.5 Å². The molecule has 0 bridgehead atoms. The third-order valence-electron chi connectivity index (χ3n) is 8.72. The van der Waals surface area contributed by atoms with E-state index in [1.165, 1.54) is 0 Å². The Morgan fingerprint density at radius 3 is 2.62 bits per heavy atom. The zero-order valence-corrected chi connectivity index (χ0v) is 24.2. The number of piperidine rings is 1. The summed E-state index contributed by atoms with van der Waals surface area (Å²) in [5.74, 6) is -0.00680. The smallest absolute Gasteiger partial charge is 0.228 e. The highest BCUT2D eigenvalue weighted by atomic mass is 16.5. The SMILES string of the molecule is COc1ccc2[nH]c3c(c2c1)CCN1C(=O)C(CC(=O)NCc2ccco2)C[C@H](C(=O)N(C(C)C)C(C)C)[C@@]31C. The lowest BCUT2D eigenvalue weighted by Gasteiger charge is -2.54. The second-order valence-electron chi connectivity index (χ2n) is 11.8. The Morgan fingerprint density at radius 1 is 1.23 bits per heavy atom. The van der Waals surface area contributed by atoms with Crippen LogP contribution in [0.4, 0.5) is 0 Å². The Hall–Kier alpha value is -3.75. The highest BCUT2D eigenvalue weighted by molar-refractivity contribution is 5.93. The van der Waals surface area contributed by atoms with Crippen molar-refractivity contribution in [3.05, 3.63) is 53.6 Å². The molecule has 4 heterocycles. The van der Waals surface area contributed by atoms with Gasteiger partial charge in [0.05, 0.1) is 31.4 Å². The summed E-state index contributed by atoms with van der Waals surface area (Å²) in [6, 6.07) is 9.46. The van der Waals surface area contributed by atoms with Crippen molar-refractivity contribution >= 4 is 28.6 Å². The number of aromatic amines is 1. The molecule has 1 unspecified atom stereocenters. The molecular weight excluding hydrogens is 508 g/mol. The van der Waals surface area contributed by atoms with E-state index in [-0.39, 0.29) is 42.8 Å². The molecule has 214 valence electrons. The predicted molar refractivity (Wildman–Crippen MR) is 152 cm³/mol. The first-order valence-corrected chi connectivity index (χ1v) is 14.2. The maximum atomic E-state index is 14.4. The summed E-state index contributed by atoms with van der Waals surface area (Å²) in [6.45, 7) is 10.8. The van der Waals surface area contributed by atoms with Crippen molar-refractivity contribution in [1.82, 2.24) is 20.1 Å². The Kier molecular flexibility index (Phi) is 7.42. The van der Waals surface area contributed by atoms with E-state index in [1.807, 2.05) is 62.6 Å². The lowest BCUT2D eigenvalue weighted by Crippen LogP contribution is -2.65. The van der Waals surface area contributed by atoms with E-state index < -0.39 is 17.4 Å². The first kappa shape index (κ1) is 27.8. The molecule has 2 aliphatic rings. The van der Waals surface area contributed by atoms with Gasteiger partial charge in [-0.25, -0.2) is 0 Å². The molecular formula is C31H40N4O5. The molecule has 0 aliphatic carbocycles. The van der Waals surface area contributed by atoms with Crippen molar-refractivity contribution in [2.75, 3.05) is 13.7 Å². The fraction of sp³-hybridized carbons (Fsp3) is 0.516. The monoisotopic (exact) mass is 548 g/mol. The van der Waals surface area contributed by atoms with Gasteiger partial charge >= 0.3 is 0 Å². The van der Waals surface area contributed by atoms with E-state index in [1.54, 1.807) is 25.5 Å². The van der Waals surface area contributed by atoms with Crippen molar-refractivity contribution in [2.45, 2.75) is 78.0 Å². The lowest BCUT2D eigenvalue weighted by molar-refractivity contribution is -0.166. The average molecular weight is 549 g/mol. The molecule has 0 saturated carbocycles. The lowest BCUT2D eigenvalue weighted by atomic mass is 9.67. The van der Waals surface area contributed by atoms with Gasteiger partial charge in [-0.15, -0.1) is 0 Å². The minimum atomic E-state index is -0.878. The van der Waals surface area contributed by atoms with Crippen LogP contribution in [0.25, 0.3) is 10.9 Å². The molecule has 40 heavy (non-hydrogen) atoms. The standard InChI is InChI=1S/C31H40N4O5/c1-18(2)35(19(3)4)30(38)25-14-20(15-27(36)32-17-22-8-7-13-40-22)29(37)34-12-11-23-24-16-21(39-6)9-10-26(24)33-28(23)31(25,34)5/h7-10,13,16,18-20,25,33H,11-12,14-15,17H2,1-6H3,(H,32,36)/t20?,25-,31+/m1/s1. The van der Waals surface area contributed by atoms with Crippen molar-refractivity contribution in [3.63, 3.8) is 0 Å². The molecule has 5 rings (SSSR count). The number of carbonyl (C=O) groups excluding carboxylic acids is 3. The number of carbonyl (C=O) groups is 3. The van der Waals surface area contributed by atoms with Gasteiger partial charge in [-0.2, -0.15) is 0 Å². The Balaban J connectivity index is 1.53. The minimum Gasteiger partial charge on any atom is -0.497 e. The van der Waals surface area contributed by atoms with Crippen LogP contribution in [0.3, 0.4) is 0 Å². The first-order chi connectivity index (χ1) is 19.1. The van der Waals surface area contributed by atoms with E-state index in [0.717, 1.165) is 27.9 Å². The predicted octanol–water partition coefficient (Wildman–Crippen LogP) is 4.36. The van der Waals surface area contributed by atoms with E-state index in [9.17, 15) is 14.4 Å². The Morgan fingerprint density at radius 2 is 1.98 bits per heavy atom. The van der Waals surface area contributed by atoms with Gasteiger partial charge in [-0.1, -0.05) is 0 Å². The fourth-order valence-electron chi connectivity index (χ4n) is 6.86. The van der Waals surface area contributed by atoms with Gasteiger partial charge in [0.1, 0.15) is 11.5 Å². The largest absolute Gasteiger partial charge is 0.497 e. The van der Waals surface area contributed by atoms with Crippen LogP contribution in [0.5, 0.6) is 5.75 Å². The van der Waals surface area contributed by atoms with Crippen LogP contribution in [0.15, 0.2) is 41.0 Å². The topological polar surface area (TPSA) is 108 Å². The number of furan rings is 1. The second kappa shape index (κ2) is 10.7. The van der Waals surface area contributed by atoms with Crippen LogP contribution in [-0.2, 0) is 32.9 Å². The van der Waals surface area contributed by atoms with Gasteiger partial charge in [0.25, 0.3) is 0 Å². The third kappa shape index (κ3) is 4.65. The molecule has 3 aromatic rings. The molecule has 3 amide bonds. The summed E-state index contributed by atoms with van der Waals surface area (Å²) in [6.07, 6.45) is 2.53. The normalized spacial score (nSPS) is 22.4. The van der Waals surface area contributed by atoms with Crippen molar-refractivity contribution in [3.8, 4) is 5.75 Å². The number of methoxy groups -OCH3 is 1. The molecule has 9 nitrogen and oxygen atoms in total. The highest BCUT2D eigenvalue weighted by Gasteiger charge is 2.57. The van der Waals surface area contributed by atoms with Crippen LogP contribution in [-0.4, -0.2) is 58.2 Å². The average Bonchev–Trinajstić information content (AvgIpc) is 3.56. The van der Waals surface area contributed by atoms with Gasteiger partial charge in [-0.3, -0.25) is 14.4 Å². The van der Waals surface area contributed by atoms with Gasteiger partial charge < -0.3 is 29.3 Å². The van der Waals surface area contributed by atoms with Crippen LogP contribution >= 0.6 is 0 Å². The number of aromatic nitrogens is 1. The molecule has 1 fully saturated rings. The minimum absolute atomic E-state index is 0.00717. The number of fused-ring (bicyclic) bond motifs is 5. The summed E-state index contributed by atoms with van der Waals surface area (Å²) in [4.78, 5) is 48.8. The van der Waals surface area contributed by atoms with Gasteiger partial charge in [-0.05, 0) is 83.4 Å². The summed E-state index contributed by atoms with van der Waals surface area (Å²) in [7, 11) is 1.65. The maximum Gasteiger partial charge on any atom is 0.228 e. The van der Waals surface area contributed by atoms with E-state index >= 15 is 0 Å². The quantitative estimate of drug-likeness (QED) is 0.435. The molecule has 2 aliphatic heterocycles. The number of H-pyrrole nitrogens is 1. The number of hydrogen-bond donors (Lipinski definition) is 2. The highest BCUT2D eigenvalue weighted by Crippen LogP contribution is 2.50. The molecule has 0 radical (unpaired) electrons. The second-order valence-corrected chi connectivity index (χ2v) is 11.8. The number of amides is 3. The molecule has 1 aromatic carbocycles. The molecule has 0 spiro atoms. The summed E-state index contributed by atoms with van der Waals surface area (Å²) < 4.78 is 10.8. The van der Waals surface area contributed by atoms with Gasteiger partial charge in [0, 0.05) is 47.6 Å². The summed E-state index contributed by atoms with van der Waals surface area (Å²) >= 11 is 0. The number of nitrogens with one attached hydrogen (secondary N) is 2. The molecule has 3 atom stereocenters. The number of ether oxygens (including phenoxy) is 1.